The number of nitrogen functional groups attached to an aromatic ring is 1. The summed E-state index contributed by atoms with van der Waals surface area (Å²) in [6, 6.07) is 11.4. The van der Waals surface area contributed by atoms with Crippen molar-refractivity contribution in [2.45, 2.75) is 13.5 Å². The van der Waals surface area contributed by atoms with Gasteiger partial charge in [0.25, 0.3) is 5.91 Å². The van der Waals surface area contributed by atoms with Gasteiger partial charge in [-0.1, -0.05) is 23.7 Å². The van der Waals surface area contributed by atoms with E-state index in [1.165, 1.54) is 12.1 Å². The standard InChI is InChI=1S/C16H16ClFN2O/c1-2-20(10-11-4-3-5-13(17)8-11)16(21)12-6-7-15(19)14(18)9-12/h3-9H,2,10,19H2,1H3. The third-order valence-electron chi connectivity index (χ3n) is 3.18. The van der Waals surface area contributed by atoms with Crippen LogP contribution in [0.15, 0.2) is 42.5 Å². The van der Waals surface area contributed by atoms with Crippen molar-refractivity contribution in [2.24, 2.45) is 0 Å². The fraction of sp³-hybridized carbons (Fsp3) is 0.188. The van der Waals surface area contributed by atoms with Gasteiger partial charge < -0.3 is 10.6 Å². The van der Waals surface area contributed by atoms with Gasteiger partial charge in [0.1, 0.15) is 5.82 Å². The number of amides is 1. The minimum absolute atomic E-state index is 0.0319. The van der Waals surface area contributed by atoms with Gasteiger partial charge in [0.05, 0.1) is 5.69 Å². The largest absolute Gasteiger partial charge is 0.396 e. The van der Waals surface area contributed by atoms with Crippen molar-refractivity contribution in [3.63, 3.8) is 0 Å². The molecule has 110 valence electrons. The number of hydrogen-bond donors (Lipinski definition) is 1. The van der Waals surface area contributed by atoms with E-state index >= 15 is 0 Å². The van der Waals surface area contributed by atoms with Gasteiger partial charge in [0.15, 0.2) is 0 Å². The predicted octanol–water partition coefficient (Wildman–Crippen LogP) is 3.72. The first-order valence-corrected chi connectivity index (χ1v) is 6.97. The summed E-state index contributed by atoms with van der Waals surface area (Å²) < 4.78 is 13.5. The van der Waals surface area contributed by atoms with E-state index in [-0.39, 0.29) is 17.2 Å². The van der Waals surface area contributed by atoms with E-state index in [2.05, 4.69) is 0 Å². The molecule has 2 N–H and O–H groups in total. The van der Waals surface area contributed by atoms with Crippen LogP contribution in [0.4, 0.5) is 10.1 Å². The van der Waals surface area contributed by atoms with Gasteiger partial charge in [0, 0.05) is 23.7 Å². The summed E-state index contributed by atoms with van der Waals surface area (Å²) in [5.74, 6) is -0.823. The highest BCUT2D eigenvalue weighted by molar-refractivity contribution is 6.30. The van der Waals surface area contributed by atoms with Crippen molar-refractivity contribution in [3.05, 3.63) is 64.4 Å². The molecule has 0 aliphatic carbocycles. The van der Waals surface area contributed by atoms with E-state index in [9.17, 15) is 9.18 Å². The second-order valence-electron chi connectivity index (χ2n) is 4.69. The molecule has 2 aromatic carbocycles. The number of nitrogens with two attached hydrogens (primary N) is 1. The molecule has 1 amide bonds. The zero-order valence-corrected chi connectivity index (χ0v) is 12.4. The summed E-state index contributed by atoms with van der Waals surface area (Å²) >= 11 is 5.94. The van der Waals surface area contributed by atoms with Crippen LogP contribution in [0.25, 0.3) is 0 Å². The van der Waals surface area contributed by atoms with Crippen LogP contribution in [0.2, 0.25) is 5.02 Å². The maximum Gasteiger partial charge on any atom is 0.254 e. The van der Waals surface area contributed by atoms with E-state index in [0.29, 0.717) is 18.1 Å². The Morgan fingerprint density at radius 1 is 1.29 bits per heavy atom. The van der Waals surface area contributed by atoms with Crippen molar-refractivity contribution >= 4 is 23.2 Å². The summed E-state index contributed by atoms with van der Waals surface area (Å²) in [6.07, 6.45) is 0. The lowest BCUT2D eigenvalue weighted by Gasteiger charge is -2.21. The Balaban J connectivity index is 2.20. The molecular weight excluding hydrogens is 291 g/mol. The molecule has 0 atom stereocenters. The average Bonchev–Trinajstić information content (AvgIpc) is 2.47. The Morgan fingerprint density at radius 3 is 2.67 bits per heavy atom. The van der Waals surface area contributed by atoms with Gasteiger partial charge in [-0.25, -0.2) is 4.39 Å². The first kappa shape index (κ1) is 15.3. The Labute approximate surface area is 128 Å². The number of carbonyl (C=O) groups is 1. The van der Waals surface area contributed by atoms with Crippen molar-refractivity contribution < 1.29 is 9.18 Å². The van der Waals surface area contributed by atoms with Gasteiger partial charge in [-0.15, -0.1) is 0 Å². The lowest BCUT2D eigenvalue weighted by Crippen LogP contribution is -2.30. The lowest BCUT2D eigenvalue weighted by molar-refractivity contribution is 0.0752. The van der Waals surface area contributed by atoms with Crippen molar-refractivity contribution in [3.8, 4) is 0 Å². The lowest BCUT2D eigenvalue weighted by atomic mass is 10.1. The first-order chi connectivity index (χ1) is 10.0. The van der Waals surface area contributed by atoms with Crippen LogP contribution in [0.3, 0.4) is 0 Å². The van der Waals surface area contributed by atoms with Gasteiger partial charge in [-0.3, -0.25) is 4.79 Å². The molecule has 0 aliphatic heterocycles. The molecule has 0 bridgehead atoms. The number of halogens is 2. The number of rotatable bonds is 4. The highest BCUT2D eigenvalue weighted by atomic mass is 35.5. The minimum atomic E-state index is -0.584. The highest BCUT2D eigenvalue weighted by Crippen LogP contribution is 2.17. The van der Waals surface area contributed by atoms with Crippen LogP contribution in [0, 0.1) is 5.82 Å². The SMILES string of the molecule is CCN(Cc1cccc(Cl)c1)C(=O)c1ccc(N)c(F)c1. The van der Waals surface area contributed by atoms with Crippen LogP contribution in [0.1, 0.15) is 22.8 Å². The molecule has 0 aliphatic rings. The van der Waals surface area contributed by atoms with Crippen molar-refractivity contribution in [2.75, 3.05) is 12.3 Å². The van der Waals surface area contributed by atoms with Crippen LogP contribution < -0.4 is 5.73 Å². The molecule has 0 radical (unpaired) electrons. The van der Waals surface area contributed by atoms with E-state index in [4.69, 9.17) is 17.3 Å². The van der Waals surface area contributed by atoms with Crippen LogP contribution in [-0.4, -0.2) is 17.4 Å². The molecule has 2 rings (SSSR count). The number of anilines is 1. The van der Waals surface area contributed by atoms with Gasteiger partial charge in [-0.05, 0) is 42.8 Å². The highest BCUT2D eigenvalue weighted by Gasteiger charge is 2.16. The number of benzene rings is 2. The summed E-state index contributed by atoms with van der Waals surface area (Å²) in [5.41, 5.74) is 6.66. The summed E-state index contributed by atoms with van der Waals surface area (Å²) in [7, 11) is 0. The second-order valence-corrected chi connectivity index (χ2v) is 5.12. The molecule has 3 nitrogen and oxygen atoms in total. The molecule has 21 heavy (non-hydrogen) atoms. The molecule has 0 saturated heterocycles. The average molecular weight is 307 g/mol. The Bertz CT molecular complexity index is 660. The second kappa shape index (κ2) is 6.59. The van der Waals surface area contributed by atoms with Gasteiger partial charge in [0.2, 0.25) is 0 Å². The maximum absolute atomic E-state index is 13.5. The third kappa shape index (κ3) is 3.73. The minimum Gasteiger partial charge on any atom is -0.396 e. The van der Waals surface area contributed by atoms with Crippen molar-refractivity contribution in [1.29, 1.82) is 0 Å². The predicted molar refractivity (Wildman–Crippen MR) is 82.7 cm³/mol. The summed E-state index contributed by atoms with van der Waals surface area (Å²) in [4.78, 5) is 14.0. The molecular formula is C16H16ClFN2O. The number of nitrogens with zero attached hydrogens (tertiary/aromatic N) is 1. The van der Waals surface area contributed by atoms with Crippen LogP contribution in [0.5, 0.6) is 0 Å². The molecule has 0 fully saturated rings. The Hall–Kier alpha value is -2.07. The molecule has 5 heteroatoms. The summed E-state index contributed by atoms with van der Waals surface area (Å²) in [5, 5.41) is 0.620. The Kier molecular flexibility index (Phi) is 4.81. The topological polar surface area (TPSA) is 46.3 Å². The normalized spacial score (nSPS) is 10.4. The van der Waals surface area contributed by atoms with E-state index < -0.39 is 5.82 Å². The Morgan fingerprint density at radius 2 is 2.05 bits per heavy atom. The maximum atomic E-state index is 13.5. The first-order valence-electron chi connectivity index (χ1n) is 6.60. The fourth-order valence-corrected chi connectivity index (χ4v) is 2.24. The van der Waals surface area contributed by atoms with E-state index in [1.54, 1.807) is 17.0 Å². The van der Waals surface area contributed by atoms with Gasteiger partial charge >= 0.3 is 0 Å². The zero-order chi connectivity index (χ0) is 15.4. The molecule has 0 heterocycles. The quantitative estimate of drug-likeness (QED) is 0.875. The third-order valence-corrected chi connectivity index (χ3v) is 3.41. The fourth-order valence-electron chi connectivity index (χ4n) is 2.03. The molecule has 0 spiro atoms. The molecule has 0 aromatic heterocycles. The molecule has 0 unspecified atom stereocenters. The van der Waals surface area contributed by atoms with Gasteiger partial charge in [-0.2, -0.15) is 0 Å². The van der Waals surface area contributed by atoms with E-state index in [0.717, 1.165) is 11.6 Å². The number of hydrogen-bond acceptors (Lipinski definition) is 2. The van der Waals surface area contributed by atoms with Crippen LogP contribution >= 0.6 is 11.6 Å². The molecule has 2 aromatic rings. The smallest absolute Gasteiger partial charge is 0.254 e. The van der Waals surface area contributed by atoms with Crippen LogP contribution in [-0.2, 0) is 6.54 Å². The van der Waals surface area contributed by atoms with E-state index in [1.807, 2.05) is 19.1 Å². The monoisotopic (exact) mass is 306 g/mol. The van der Waals surface area contributed by atoms with Crippen molar-refractivity contribution in [1.82, 2.24) is 4.90 Å². The number of carbonyl (C=O) groups excluding carboxylic acids is 1. The zero-order valence-electron chi connectivity index (χ0n) is 11.6. The molecule has 0 saturated carbocycles. The summed E-state index contributed by atoms with van der Waals surface area (Å²) in [6.45, 7) is 2.80.